The van der Waals surface area contributed by atoms with E-state index in [0.29, 0.717) is 24.7 Å². The highest BCUT2D eigenvalue weighted by Crippen LogP contribution is 2.19. The van der Waals surface area contributed by atoms with Crippen LogP contribution in [0.15, 0.2) is 53.0 Å². The maximum Gasteiger partial charge on any atom is 0.265 e. The van der Waals surface area contributed by atoms with Crippen LogP contribution in [0.2, 0.25) is 0 Å². The number of amides is 1. The van der Waals surface area contributed by atoms with Crippen LogP contribution in [0.25, 0.3) is 0 Å². The Balaban J connectivity index is 1.85. The van der Waals surface area contributed by atoms with Gasteiger partial charge in [0.1, 0.15) is 18.1 Å². The van der Waals surface area contributed by atoms with Crippen LogP contribution in [0, 0.1) is 0 Å². The minimum Gasteiger partial charge on any atom is -0.491 e. The summed E-state index contributed by atoms with van der Waals surface area (Å²) in [6.07, 6.45) is -0.608. The molecule has 0 fully saturated rings. The van der Waals surface area contributed by atoms with E-state index in [2.05, 4.69) is 21.2 Å². The lowest BCUT2D eigenvalue weighted by molar-refractivity contribution is -0.122. The third-order valence-electron chi connectivity index (χ3n) is 3.17. The van der Waals surface area contributed by atoms with Crippen molar-refractivity contribution in [2.45, 2.75) is 13.0 Å². The molecule has 0 aromatic heterocycles. The molecule has 1 amide bonds. The normalized spacial score (nSPS) is 11.6. The summed E-state index contributed by atoms with van der Waals surface area (Å²) in [5, 5.41) is 2.81. The van der Waals surface area contributed by atoms with Gasteiger partial charge in [-0.15, -0.1) is 0 Å². The molecule has 0 aliphatic heterocycles. The molecule has 1 N–H and O–H groups in total. The molecule has 0 bridgehead atoms. The monoisotopic (exact) mass is 393 g/mol. The van der Waals surface area contributed by atoms with Crippen molar-refractivity contribution in [3.05, 3.63) is 53.0 Å². The lowest BCUT2D eigenvalue weighted by Gasteiger charge is -2.15. The molecule has 1 unspecified atom stereocenters. The molecule has 0 spiro atoms. The number of benzene rings is 2. The topological polar surface area (TPSA) is 56.8 Å². The molecular formula is C18H20BrNO4. The fourth-order valence-electron chi connectivity index (χ4n) is 1.89. The molecule has 2 rings (SSSR count). The van der Waals surface area contributed by atoms with Crippen LogP contribution in [0.4, 0.5) is 5.69 Å². The molecular weight excluding hydrogens is 374 g/mol. The van der Waals surface area contributed by atoms with E-state index in [1.165, 1.54) is 0 Å². The maximum absolute atomic E-state index is 12.2. The lowest BCUT2D eigenvalue weighted by Crippen LogP contribution is -2.30. The lowest BCUT2D eigenvalue weighted by atomic mass is 10.2. The molecule has 0 saturated carbocycles. The van der Waals surface area contributed by atoms with E-state index in [9.17, 15) is 4.79 Å². The van der Waals surface area contributed by atoms with Gasteiger partial charge in [-0.1, -0.05) is 15.9 Å². The number of rotatable bonds is 8. The minimum atomic E-state index is -0.608. The van der Waals surface area contributed by atoms with Gasteiger partial charge in [0.05, 0.1) is 6.61 Å². The highest BCUT2D eigenvalue weighted by Gasteiger charge is 2.14. The molecule has 1 atom stereocenters. The first-order valence-corrected chi connectivity index (χ1v) is 8.32. The van der Waals surface area contributed by atoms with Crippen LogP contribution in [0.3, 0.4) is 0 Å². The van der Waals surface area contributed by atoms with Crippen molar-refractivity contribution in [2.24, 2.45) is 0 Å². The largest absolute Gasteiger partial charge is 0.491 e. The Morgan fingerprint density at radius 1 is 1.04 bits per heavy atom. The van der Waals surface area contributed by atoms with Gasteiger partial charge in [-0.05, 0) is 55.5 Å². The first kappa shape index (κ1) is 18.3. The van der Waals surface area contributed by atoms with Crippen molar-refractivity contribution in [3.8, 4) is 11.5 Å². The Morgan fingerprint density at radius 3 is 2.29 bits per heavy atom. The quantitative estimate of drug-likeness (QED) is 0.691. The molecule has 0 radical (unpaired) electrons. The van der Waals surface area contributed by atoms with E-state index in [4.69, 9.17) is 14.2 Å². The number of ether oxygens (including phenoxy) is 3. The summed E-state index contributed by atoms with van der Waals surface area (Å²) in [6.45, 7) is 2.73. The van der Waals surface area contributed by atoms with Crippen molar-refractivity contribution >= 4 is 27.5 Å². The molecule has 0 heterocycles. The van der Waals surface area contributed by atoms with Crippen molar-refractivity contribution in [3.63, 3.8) is 0 Å². The first-order valence-electron chi connectivity index (χ1n) is 7.53. The van der Waals surface area contributed by atoms with Gasteiger partial charge in [0.2, 0.25) is 0 Å². The first-order chi connectivity index (χ1) is 11.6. The van der Waals surface area contributed by atoms with Crippen LogP contribution in [0.1, 0.15) is 6.92 Å². The summed E-state index contributed by atoms with van der Waals surface area (Å²) in [5.74, 6) is 1.15. The third-order valence-corrected chi connectivity index (χ3v) is 3.70. The molecule has 6 heteroatoms. The number of anilines is 1. The molecule has 0 saturated heterocycles. The van der Waals surface area contributed by atoms with E-state index >= 15 is 0 Å². The molecule has 128 valence electrons. The second-order valence-corrected chi connectivity index (χ2v) is 5.98. The van der Waals surface area contributed by atoms with E-state index in [1.54, 1.807) is 50.4 Å². The standard InChI is InChI=1S/C18H20BrNO4/c1-13(24-17-7-3-14(19)4-8-17)18(21)20-15-5-9-16(10-6-15)23-12-11-22-2/h3-10,13H,11-12H2,1-2H3,(H,20,21). The fourth-order valence-corrected chi connectivity index (χ4v) is 2.16. The Morgan fingerprint density at radius 2 is 1.67 bits per heavy atom. The Kier molecular flexibility index (Phi) is 7.08. The zero-order chi connectivity index (χ0) is 17.4. The Hall–Kier alpha value is -2.05. The highest BCUT2D eigenvalue weighted by atomic mass is 79.9. The van der Waals surface area contributed by atoms with Gasteiger partial charge in [-0.2, -0.15) is 0 Å². The average Bonchev–Trinajstić information content (AvgIpc) is 2.58. The number of nitrogens with one attached hydrogen (secondary N) is 1. The Bertz CT molecular complexity index is 643. The van der Waals surface area contributed by atoms with Gasteiger partial charge < -0.3 is 19.5 Å². The van der Waals surface area contributed by atoms with Gasteiger partial charge in [-0.3, -0.25) is 4.79 Å². The van der Waals surface area contributed by atoms with Crippen molar-refractivity contribution in [2.75, 3.05) is 25.6 Å². The average molecular weight is 394 g/mol. The number of carbonyl (C=O) groups excluding carboxylic acids is 1. The van der Waals surface area contributed by atoms with Crippen LogP contribution in [-0.2, 0) is 9.53 Å². The maximum atomic E-state index is 12.2. The number of hydrogen-bond donors (Lipinski definition) is 1. The molecule has 0 aliphatic rings. The predicted octanol–water partition coefficient (Wildman–Crippen LogP) is 3.88. The van der Waals surface area contributed by atoms with Crippen molar-refractivity contribution in [1.29, 1.82) is 0 Å². The second-order valence-electron chi connectivity index (χ2n) is 5.07. The SMILES string of the molecule is COCCOc1ccc(NC(=O)C(C)Oc2ccc(Br)cc2)cc1. The van der Waals surface area contributed by atoms with Crippen LogP contribution >= 0.6 is 15.9 Å². The number of hydrogen-bond acceptors (Lipinski definition) is 4. The van der Waals surface area contributed by atoms with E-state index in [0.717, 1.165) is 10.2 Å². The van der Waals surface area contributed by atoms with Crippen molar-refractivity contribution in [1.82, 2.24) is 0 Å². The summed E-state index contributed by atoms with van der Waals surface area (Å²) in [4.78, 5) is 12.2. The fraction of sp³-hybridized carbons (Fsp3) is 0.278. The van der Waals surface area contributed by atoms with Crippen LogP contribution < -0.4 is 14.8 Å². The molecule has 2 aromatic carbocycles. The number of halogens is 1. The van der Waals surface area contributed by atoms with E-state index < -0.39 is 6.10 Å². The molecule has 0 aliphatic carbocycles. The summed E-state index contributed by atoms with van der Waals surface area (Å²) in [5.41, 5.74) is 0.686. The van der Waals surface area contributed by atoms with Crippen LogP contribution in [0.5, 0.6) is 11.5 Å². The zero-order valence-corrected chi connectivity index (χ0v) is 15.2. The Labute approximate surface area is 150 Å². The number of carbonyl (C=O) groups is 1. The molecule has 5 nitrogen and oxygen atoms in total. The predicted molar refractivity (Wildman–Crippen MR) is 96.7 cm³/mol. The van der Waals surface area contributed by atoms with E-state index in [1.807, 2.05) is 12.1 Å². The third kappa shape index (κ3) is 5.86. The van der Waals surface area contributed by atoms with Gasteiger partial charge in [0.15, 0.2) is 6.10 Å². The van der Waals surface area contributed by atoms with Gasteiger partial charge in [0, 0.05) is 17.3 Å². The summed E-state index contributed by atoms with van der Waals surface area (Å²) >= 11 is 3.36. The molecule has 2 aromatic rings. The summed E-state index contributed by atoms with van der Waals surface area (Å²) in [6, 6.07) is 14.5. The minimum absolute atomic E-state index is 0.217. The second kappa shape index (κ2) is 9.30. The summed E-state index contributed by atoms with van der Waals surface area (Å²) < 4.78 is 17.0. The van der Waals surface area contributed by atoms with E-state index in [-0.39, 0.29) is 5.91 Å². The van der Waals surface area contributed by atoms with Gasteiger partial charge in [-0.25, -0.2) is 0 Å². The number of methoxy groups -OCH3 is 1. The molecule has 24 heavy (non-hydrogen) atoms. The van der Waals surface area contributed by atoms with Crippen LogP contribution in [-0.4, -0.2) is 32.3 Å². The smallest absolute Gasteiger partial charge is 0.265 e. The zero-order valence-electron chi connectivity index (χ0n) is 13.6. The highest BCUT2D eigenvalue weighted by molar-refractivity contribution is 9.10. The van der Waals surface area contributed by atoms with Crippen molar-refractivity contribution < 1.29 is 19.0 Å². The summed E-state index contributed by atoms with van der Waals surface area (Å²) in [7, 11) is 1.62. The van der Waals surface area contributed by atoms with Gasteiger partial charge in [0.25, 0.3) is 5.91 Å². The van der Waals surface area contributed by atoms with Gasteiger partial charge >= 0.3 is 0 Å².